The second kappa shape index (κ2) is 8.79. The minimum atomic E-state index is -0.281. The highest BCUT2D eigenvalue weighted by atomic mass is 16.5. The maximum absolute atomic E-state index is 11.2. The van der Waals surface area contributed by atoms with Crippen LogP contribution in [0.15, 0.2) is 12.2 Å². The third-order valence-corrected chi connectivity index (χ3v) is 2.31. The minimum absolute atomic E-state index is 0.281. The van der Waals surface area contributed by atoms with Crippen molar-refractivity contribution in [1.29, 1.82) is 0 Å². The van der Waals surface area contributed by atoms with Gasteiger partial charge >= 0.3 is 0 Å². The third kappa shape index (κ3) is 5.39. The van der Waals surface area contributed by atoms with Gasteiger partial charge < -0.3 is 14.2 Å². The van der Waals surface area contributed by atoms with Crippen molar-refractivity contribution >= 4 is 11.8 Å². The van der Waals surface area contributed by atoms with Gasteiger partial charge in [-0.05, 0) is 6.92 Å². The van der Waals surface area contributed by atoms with Gasteiger partial charge in [-0.15, -0.1) is 0 Å². The molecule has 0 aromatic heterocycles. The van der Waals surface area contributed by atoms with E-state index in [4.69, 9.17) is 14.2 Å². The second-order valence-electron chi connectivity index (χ2n) is 3.58. The van der Waals surface area contributed by atoms with Crippen molar-refractivity contribution in [1.82, 2.24) is 4.90 Å². The Hall–Kier alpha value is -1.24. The molecule has 0 fully saturated rings. The molecule has 0 bridgehead atoms. The quantitative estimate of drug-likeness (QED) is 0.406. The lowest BCUT2D eigenvalue weighted by Gasteiger charge is -2.13. The fraction of sp³-hybridized carbons (Fsp3) is 0.667. The summed E-state index contributed by atoms with van der Waals surface area (Å²) in [5, 5.41) is 0. The van der Waals surface area contributed by atoms with Crippen LogP contribution in [0, 0.1) is 0 Å². The Balaban J connectivity index is 1.90. The number of ether oxygens (including phenoxy) is 3. The average Bonchev–Trinajstić information content (AvgIpc) is 2.68. The lowest BCUT2D eigenvalue weighted by Crippen LogP contribution is -2.33. The molecule has 0 N–H and O–H groups in total. The molecule has 1 aliphatic rings. The molecule has 102 valence electrons. The first kappa shape index (κ1) is 14.8. The number of carbonyl (C=O) groups excluding carboxylic acids is 2. The van der Waals surface area contributed by atoms with Crippen molar-refractivity contribution in [2.75, 3.05) is 46.2 Å². The number of rotatable bonds is 10. The number of hydrogen-bond donors (Lipinski definition) is 0. The standard InChI is InChI=1S/C12H19NO5/c1-2-16-7-8-18-10-9-17-6-5-13-11(14)3-4-12(13)15/h3-4H,2,5-10H2,1H3. The van der Waals surface area contributed by atoms with E-state index < -0.39 is 0 Å². The van der Waals surface area contributed by atoms with Crippen LogP contribution in [0.1, 0.15) is 6.92 Å². The Morgan fingerprint density at radius 1 is 0.889 bits per heavy atom. The second-order valence-corrected chi connectivity index (χ2v) is 3.58. The summed E-state index contributed by atoms with van der Waals surface area (Å²) in [7, 11) is 0. The summed E-state index contributed by atoms with van der Waals surface area (Å²) in [4.78, 5) is 23.5. The average molecular weight is 257 g/mol. The number of imide groups is 1. The van der Waals surface area contributed by atoms with Crippen molar-refractivity contribution in [2.45, 2.75) is 6.92 Å². The zero-order chi connectivity index (χ0) is 13.2. The maximum Gasteiger partial charge on any atom is 0.253 e. The first-order valence-electron chi connectivity index (χ1n) is 6.02. The van der Waals surface area contributed by atoms with Gasteiger partial charge in [-0.25, -0.2) is 0 Å². The maximum atomic E-state index is 11.2. The van der Waals surface area contributed by atoms with Gasteiger partial charge in [-0.1, -0.05) is 0 Å². The number of hydrogen-bond acceptors (Lipinski definition) is 5. The summed E-state index contributed by atoms with van der Waals surface area (Å²) >= 11 is 0. The first-order valence-corrected chi connectivity index (χ1v) is 6.02. The van der Waals surface area contributed by atoms with Gasteiger partial charge in [0.25, 0.3) is 11.8 Å². The fourth-order valence-corrected chi connectivity index (χ4v) is 1.39. The van der Waals surface area contributed by atoms with Crippen molar-refractivity contribution in [3.8, 4) is 0 Å². The van der Waals surface area contributed by atoms with Crippen LogP contribution < -0.4 is 0 Å². The van der Waals surface area contributed by atoms with Crippen molar-refractivity contribution in [3.63, 3.8) is 0 Å². The monoisotopic (exact) mass is 257 g/mol. The van der Waals surface area contributed by atoms with Crippen LogP contribution in [-0.4, -0.2) is 62.9 Å². The Morgan fingerprint density at radius 2 is 1.39 bits per heavy atom. The van der Waals surface area contributed by atoms with Crippen LogP contribution in [0.4, 0.5) is 0 Å². The van der Waals surface area contributed by atoms with Gasteiger partial charge in [0.1, 0.15) is 0 Å². The van der Waals surface area contributed by atoms with E-state index in [1.165, 1.54) is 12.2 Å². The Morgan fingerprint density at radius 3 is 1.94 bits per heavy atom. The summed E-state index contributed by atoms with van der Waals surface area (Å²) in [6.45, 7) is 5.27. The molecule has 0 aliphatic carbocycles. The molecule has 6 heteroatoms. The predicted molar refractivity (Wildman–Crippen MR) is 64.0 cm³/mol. The summed E-state index contributed by atoms with van der Waals surface area (Å²) in [5.74, 6) is -0.562. The molecule has 1 aliphatic heterocycles. The van der Waals surface area contributed by atoms with E-state index in [0.29, 0.717) is 39.6 Å². The van der Waals surface area contributed by atoms with Gasteiger partial charge in [-0.3, -0.25) is 14.5 Å². The Labute approximate surface area is 106 Å². The van der Waals surface area contributed by atoms with Crippen LogP contribution >= 0.6 is 0 Å². The molecule has 1 rings (SSSR count). The zero-order valence-electron chi connectivity index (χ0n) is 10.6. The summed E-state index contributed by atoms with van der Waals surface area (Å²) in [6.07, 6.45) is 2.53. The molecular formula is C12H19NO5. The van der Waals surface area contributed by atoms with E-state index in [9.17, 15) is 9.59 Å². The highest BCUT2D eigenvalue weighted by Crippen LogP contribution is 2.02. The Bertz CT molecular complexity index is 285. The molecule has 18 heavy (non-hydrogen) atoms. The van der Waals surface area contributed by atoms with E-state index in [1.54, 1.807) is 0 Å². The lowest BCUT2D eigenvalue weighted by atomic mass is 10.5. The highest BCUT2D eigenvalue weighted by Gasteiger charge is 2.22. The fourth-order valence-electron chi connectivity index (χ4n) is 1.39. The summed E-state index contributed by atoms with van der Waals surface area (Å²) in [5.41, 5.74) is 0. The summed E-state index contributed by atoms with van der Waals surface area (Å²) < 4.78 is 15.6. The molecule has 0 unspecified atom stereocenters. The van der Waals surface area contributed by atoms with Gasteiger partial charge in [0.2, 0.25) is 0 Å². The molecule has 0 aromatic rings. The molecule has 0 radical (unpaired) electrons. The van der Waals surface area contributed by atoms with Crippen molar-refractivity contribution in [2.24, 2.45) is 0 Å². The van der Waals surface area contributed by atoms with Crippen LogP contribution in [-0.2, 0) is 23.8 Å². The first-order chi connectivity index (χ1) is 8.75. The molecule has 1 heterocycles. The van der Waals surface area contributed by atoms with E-state index >= 15 is 0 Å². The van der Waals surface area contributed by atoms with E-state index in [-0.39, 0.29) is 18.4 Å². The zero-order valence-corrected chi connectivity index (χ0v) is 10.6. The van der Waals surface area contributed by atoms with E-state index in [1.807, 2.05) is 6.92 Å². The molecule has 0 spiro atoms. The minimum Gasteiger partial charge on any atom is -0.379 e. The van der Waals surface area contributed by atoms with Gasteiger partial charge in [-0.2, -0.15) is 0 Å². The molecule has 0 saturated heterocycles. The largest absolute Gasteiger partial charge is 0.379 e. The lowest BCUT2D eigenvalue weighted by molar-refractivity contribution is -0.137. The van der Waals surface area contributed by atoms with Gasteiger partial charge in [0.05, 0.1) is 39.6 Å². The third-order valence-electron chi connectivity index (χ3n) is 2.31. The number of carbonyl (C=O) groups is 2. The molecule has 6 nitrogen and oxygen atoms in total. The highest BCUT2D eigenvalue weighted by molar-refractivity contribution is 6.12. The van der Waals surface area contributed by atoms with Gasteiger partial charge in [0, 0.05) is 18.8 Å². The Kier molecular flexibility index (Phi) is 7.24. The SMILES string of the molecule is CCOCCOCCOCCN1C(=O)C=CC1=O. The van der Waals surface area contributed by atoms with E-state index in [0.717, 1.165) is 4.90 Å². The van der Waals surface area contributed by atoms with Crippen molar-refractivity contribution < 1.29 is 23.8 Å². The van der Waals surface area contributed by atoms with Crippen molar-refractivity contribution in [3.05, 3.63) is 12.2 Å². The predicted octanol–water partition coefficient (Wildman–Crippen LogP) is -0.0189. The normalized spacial score (nSPS) is 14.8. The van der Waals surface area contributed by atoms with Crippen LogP contribution in [0.2, 0.25) is 0 Å². The molecule has 0 saturated carbocycles. The molecule has 2 amide bonds. The smallest absolute Gasteiger partial charge is 0.253 e. The van der Waals surface area contributed by atoms with Crippen LogP contribution in [0.25, 0.3) is 0 Å². The number of amides is 2. The molecular weight excluding hydrogens is 238 g/mol. The van der Waals surface area contributed by atoms with E-state index in [2.05, 4.69) is 0 Å². The number of nitrogens with zero attached hydrogens (tertiary/aromatic N) is 1. The molecule has 0 atom stereocenters. The van der Waals surface area contributed by atoms with Gasteiger partial charge in [0.15, 0.2) is 0 Å². The van der Waals surface area contributed by atoms with Crippen LogP contribution in [0.5, 0.6) is 0 Å². The molecule has 0 aromatic carbocycles. The van der Waals surface area contributed by atoms with Crippen LogP contribution in [0.3, 0.4) is 0 Å². The topological polar surface area (TPSA) is 65.1 Å². The summed E-state index contributed by atoms with van der Waals surface area (Å²) in [6, 6.07) is 0.